The van der Waals surface area contributed by atoms with Crippen molar-refractivity contribution in [3.05, 3.63) is 52.5 Å². The van der Waals surface area contributed by atoms with Crippen LogP contribution in [0.25, 0.3) is 0 Å². The number of anilines is 1. The Kier molecular flexibility index (Phi) is 7.56. The van der Waals surface area contributed by atoms with Gasteiger partial charge in [-0.1, -0.05) is 12.1 Å². The van der Waals surface area contributed by atoms with Crippen LogP contribution in [-0.4, -0.2) is 59.7 Å². The van der Waals surface area contributed by atoms with Crippen LogP contribution in [-0.2, 0) is 10.0 Å². The van der Waals surface area contributed by atoms with Gasteiger partial charge in [-0.3, -0.25) is 4.90 Å². The number of halogens is 1. The molecular weight excluding hydrogens is 454 g/mol. The zero-order valence-corrected chi connectivity index (χ0v) is 19.3. The number of rotatable bonds is 8. The maximum atomic E-state index is 12.5. The van der Waals surface area contributed by atoms with Gasteiger partial charge in [0.05, 0.1) is 16.5 Å². The lowest BCUT2D eigenvalue weighted by molar-refractivity contribution is 0.255. The third kappa shape index (κ3) is 5.94. The Balaban J connectivity index is 1.42. The first-order valence-corrected chi connectivity index (χ1v) is 12.0. The topological polar surface area (TPSA) is 61.9 Å². The van der Waals surface area contributed by atoms with Gasteiger partial charge >= 0.3 is 0 Å². The van der Waals surface area contributed by atoms with E-state index < -0.39 is 10.0 Å². The number of ether oxygens (including phenoxy) is 1. The average molecular weight is 482 g/mol. The molecule has 2 aromatic rings. The van der Waals surface area contributed by atoms with Crippen LogP contribution in [0.2, 0.25) is 0 Å². The maximum absolute atomic E-state index is 12.5. The third-order valence-electron chi connectivity index (χ3n) is 5.12. The van der Waals surface area contributed by atoms with Crippen LogP contribution < -0.4 is 14.4 Å². The zero-order chi connectivity index (χ0) is 20.9. The fraction of sp³-hybridized carbons (Fsp3) is 0.429. The molecule has 0 spiro atoms. The predicted molar refractivity (Wildman–Crippen MR) is 120 cm³/mol. The van der Waals surface area contributed by atoms with Crippen LogP contribution in [0, 0.1) is 6.92 Å². The highest BCUT2D eigenvalue weighted by Crippen LogP contribution is 2.27. The molecule has 0 atom stereocenters. The number of hydrogen-bond donors (Lipinski definition) is 1. The lowest BCUT2D eigenvalue weighted by atomic mass is 10.2. The van der Waals surface area contributed by atoms with Crippen LogP contribution >= 0.6 is 15.9 Å². The summed E-state index contributed by atoms with van der Waals surface area (Å²) in [6.07, 6.45) is 0.779. The fourth-order valence-corrected chi connectivity index (χ4v) is 5.25. The Morgan fingerprint density at radius 1 is 1.10 bits per heavy atom. The molecule has 0 unspecified atom stereocenters. The molecule has 0 radical (unpaired) electrons. The van der Waals surface area contributed by atoms with E-state index in [1.165, 1.54) is 11.3 Å². The van der Waals surface area contributed by atoms with Crippen molar-refractivity contribution in [2.45, 2.75) is 18.2 Å². The second kappa shape index (κ2) is 9.93. The van der Waals surface area contributed by atoms with E-state index >= 15 is 0 Å². The van der Waals surface area contributed by atoms with Crippen molar-refractivity contribution in [3.8, 4) is 5.75 Å². The normalized spacial score (nSPS) is 15.5. The van der Waals surface area contributed by atoms with E-state index in [9.17, 15) is 8.42 Å². The number of benzene rings is 2. The van der Waals surface area contributed by atoms with Crippen molar-refractivity contribution in [1.29, 1.82) is 0 Å². The Bertz CT molecular complexity index is 929. The Hall–Kier alpha value is -1.61. The van der Waals surface area contributed by atoms with Crippen LogP contribution in [0.4, 0.5) is 5.69 Å². The zero-order valence-electron chi connectivity index (χ0n) is 16.9. The summed E-state index contributed by atoms with van der Waals surface area (Å²) >= 11 is 3.33. The second-order valence-electron chi connectivity index (χ2n) is 7.22. The molecule has 1 saturated heterocycles. The van der Waals surface area contributed by atoms with Gasteiger partial charge in [0, 0.05) is 38.4 Å². The van der Waals surface area contributed by atoms with Crippen molar-refractivity contribution >= 4 is 31.6 Å². The molecule has 1 heterocycles. The summed E-state index contributed by atoms with van der Waals surface area (Å²) in [5.41, 5.74) is 2.56. The molecule has 3 rings (SSSR count). The van der Waals surface area contributed by atoms with E-state index in [0.717, 1.165) is 39.1 Å². The average Bonchev–Trinajstić information content (AvgIpc) is 2.71. The first-order valence-electron chi connectivity index (χ1n) is 9.76. The van der Waals surface area contributed by atoms with E-state index in [1.54, 1.807) is 25.3 Å². The highest BCUT2D eigenvalue weighted by molar-refractivity contribution is 9.10. The summed E-state index contributed by atoms with van der Waals surface area (Å²) in [5, 5.41) is 0. The smallest absolute Gasteiger partial charge is 0.240 e. The molecule has 1 fully saturated rings. The number of nitrogens with zero attached hydrogens (tertiary/aromatic N) is 2. The van der Waals surface area contributed by atoms with Crippen molar-refractivity contribution in [2.24, 2.45) is 0 Å². The molecule has 0 saturated carbocycles. The minimum atomic E-state index is -3.52. The minimum absolute atomic E-state index is 0.233. The fourth-order valence-electron chi connectivity index (χ4n) is 3.46. The maximum Gasteiger partial charge on any atom is 0.240 e. The minimum Gasteiger partial charge on any atom is -0.496 e. The Morgan fingerprint density at radius 3 is 2.52 bits per heavy atom. The van der Waals surface area contributed by atoms with E-state index in [2.05, 4.69) is 61.6 Å². The number of piperazine rings is 1. The van der Waals surface area contributed by atoms with E-state index in [0.29, 0.717) is 16.8 Å². The monoisotopic (exact) mass is 481 g/mol. The first kappa shape index (κ1) is 22.1. The third-order valence-corrected chi connectivity index (χ3v) is 7.19. The van der Waals surface area contributed by atoms with Gasteiger partial charge in [-0.25, -0.2) is 13.1 Å². The molecule has 1 aliphatic heterocycles. The van der Waals surface area contributed by atoms with Crippen molar-refractivity contribution in [2.75, 3.05) is 51.3 Å². The van der Waals surface area contributed by atoms with Gasteiger partial charge in [-0.05, 0) is 71.7 Å². The van der Waals surface area contributed by atoms with E-state index in [-0.39, 0.29) is 4.90 Å². The SMILES string of the molecule is COc1ccc(S(=O)(=O)NCCCN2CCN(c3cccc(C)c3)CC2)cc1Br. The highest BCUT2D eigenvalue weighted by atomic mass is 79.9. The largest absolute Gasteiger partial charge is 0.496 e. The predicted octanol–water partition coefficient (Wildman–Crippen LogP) is 3.26. The molecule has 0 aromatic heterocycles. The first-order chi connectivity index (χ1) is 13.9. The lowest BCUT2D eigenvalue weighted by Gasteiger charge is -2.36. The van der Waals surface area contributed by atoms with Crippen molar-refractivity contribution in [1.82, 2.24) is 9.62 Å². The van der Waals surface area contributed by atoms with Gasteiger partial charge in [0.25, 0.3) is 0 Å². The quantitative estimate of drug-likeness (QED) is 0.586. The summed E-state index contributed by atoms with van der Waals surface area (Å²) < 4.78 is 33.4. The number of methoxy groups -OCH3 is 1. The van der Waals surface area contributed by atoms with Gasteiger partial charge < -0.3 is 9.64 Å². The van der Waals surface area contributed by atoms with E-state index in [1.807, 2.05) is 0 Å². The lowest BCUT2D eigenvalue weighted by Crippen LogP contribution is -2.47. The summed E-state index contributed by atoms with van der Waals surface area (Å²) in [7, 11) is -1.97. The van der Waals surface area contributed by atoms with Crippen LogP contribution in [0.5, 0.6) is 5.75 Å². The number of sulfonamides is 1. The van der Waals surface area contributed by atoms with Gasteiger partial charge in [0.15, 0.2) is 0 Å². The highest BCUT2D eigenvalue weighted by Gasteiger charge is 2.18. The standard InChI is InChI=1S/C21H28BrN3O3S/c1-17-5-3-6-18(15-17)25-13-11-24(12-14-25)10-4-9-23-29(26,27)19-7-8-21(28-2)20(22)16-19/h3,5-8,15-16,23H,4,9-14H2,1-2H3. The van der Waals surface area contributed by atoms with Crippen molar-refractivity contribution in [3.63, 3.8) is 0 Å². The summed E-state index contributed by atoms with van der Waals surface area (Å²) in [6, 6.07) is 13.4. The molecule has 1 N–H and O–H groups in total. The van der Waals surface area contributed by atoms with Gasteiger partial charge in [-0.15, -0.1) is 0 Å². The second-order valence-corrected chi connectivity index (χ2v) is 9.84. The van der Waals surface area contributed by atoms with Crippen molar-refractivity contribution < 1.29 is 13.2 Å². The number of aryl methyl sites for hydroxylation is 1. The Labute approximate surface area is 182 Å². The molecule has 6 nitrogen and oxygen atoms in total. The number of nitrogens with one attached hydrogen (secondary N) is 1. The molecule has 29 heavy (non-hydrogen) atoms. The molecule has 0 bridgehead atoms. The van der Waals surface area contributed by atoms with Gasteiger partial charge in [-0.2, -0.15) is 0 Å². The molecule has 158 valence electrons. The van der Waals surface area contributed by atoms with Crippen LogP contribution in [0.1, 0.15) is 12.0 Å². The molecular formula is C21H28BrN3O3S. The van der Waals surface area contributed by atoms with Crippen LogP contribution in [0.3, 0.4) is 0 Å². The molecule has 0 aliphatic carbocycles. The molecule has 2 aromatic carbocycles. The van der Waals surface area contributed by atoms with Gasteiger partial charge in [0.1, 0.15) is 5.75 Å². The molecule has 0 amide bonds. The summed E-state index contributed by atoms with van der Waals surface area (Å²) in [4.78, 5) is 5.04. The summed E-state index contributed by atoms with van der Waals surface area (Å²) in [6.45, 7) is 7.40. The van der Waals surface area contributed by atoms with Gasteiger partial charge in [0.2, 0.25) is 10.0 Å². The molecule has 1 aliphatic rings. The number of hydrogen-bond acceptors (Lipinski definition) is 5. The summed E-state index contributed by atoms with van der Waals surface area (Å²) in [5.74, 6) is 0.605. The van der Waals surface area contributed by atoms with Crippen LogP contribution in [0.15, 0.2) is 51.8 Å². The Morgan fingerprint density at radius 2 is 1.86 bits per heavy atom. The van der Waals surface area contributed by atoms with E-state index in [4.69, 9.17) is 4.74 Å². The molecule has 8 heteroatoms.